The Labute approximate surface area is 211 Å². The number of nitrogens with one attached hydrogen (secondary N) is 2. The Balaban J connectivity index is 1.46. The van der Waals surface area contributed by atoms with Crippen molar-refractivity contribution in [3.63, 3.8) is 0 Å². The van der Waals surface area contributed by atoms with Gasteiger partial charge in [-0.1, -0.05) is 48.5 Å². The summed E-state index contributed by atoms with van der Waals surface area (Å²) >= 11 is 0. The van der Waals surface area contributed by atoms with Crippen LogP contribution in [0.25, 0.3) is 21.8 Å². The minimum absolute atomic E-state index is 0.281. The van der Waals surface area contributed by atoms with Gasteiger partial charge in [0.1, 0.15) is 12.7 Å². The maximum Gasteiger partial charge on any atom is 0.314 e. The van der Waals surface area contributed by atoms with E-state index < -0.39 is 17.5 Å². The number of fused-ring (bicyclic) bond motifs is 3. The Morgan fingerprint density at radius 1 is 1.00 bits per heavy atom. The van der Waals surface area contributed by atoms with E-state index >= 15 is 0 Å². The number of benzene rings is 3. The highest BCUT2D eigenvalue weighted by Crippen LogP contribution is 2.29. The molecule has 0 saturated carbocycles. The molecule has 0 aliphatic rings. The Kier molecular flexibility index (Phi) is 8.13. The molecule has 0 spiro atoms. The smallest absolute Gasteiger partial charge is 0.314 e. The van der Waals surface area contributed by atoms with E-state index in [4.69, 9.17) is 14.2 Å². The first-order valence-electron chi connectivity index (χ1n) is 12.2. The third kappa shape index (κ3) is 5.80. The lowest BCUT2D eigenvalue weighted by molar-refractivity contribution is -0.161. The minimum Gasteiger partial charge on any atom is -0.493 e. The average Bonchev–Trinajstić information content (AvgIpc) is 3.28. The summed E-state index contributed by atoms with van der Waals surface area (Å²) < 4.78 is 17.1. The molecule has 0 fully saturated rings. The molecule has 36 heavy (non-hydrogen) atoms. The van der Waals surface area contributed by atoms with Crippen LogP contribution in [0.1, 0.15) is 19.4 Å². The first-order valence-corrected chi connectivity index (χ1v) is 12.2. The first kappa shape index (κ1) is 25.5. The van der Waals surface area contributed by atoms with Gasteiger partial charge in [0, 0.05) is 41.3 Å². The van der Waals surface area contributed by atoms with Crippen molar-refractivity contribution in [2.45, 2.75) is 26.4 Å². The van der Waals surface area contributed by atoms with Crippen molar-refractivity contribution in [3.8, 4) is 11.5 Å². The van der Waals surface area contributed by atoms with Crippen molar-refractivity contribution < 1.29 is 24.1 Å². The Bertz CT molecular complexity index is 1310. The van der Waals surface area contributed by atoms with Gasteiger partial charge in [-0.15, -0.1) is 0 Å². The van der Waals surface area contributed by atoms with Crippen LogP contribution in [0.15, 0.2) is 66.7 Å². The molecule has 0 aliphatic carbocycles. The Morgan fingerprint density at radius 2 is 1.72 bits per heavy atom. The summed E-state index contributed by atoms with van der Waals surface area (Å²) in [6.45, 7) is 4.51. The van der Waals surface area contributed by atoms with Crippen LogP contribution in [-0.4, -0.2) is 55.6 Å². The van der Waals surface area contributed by atoms with Crippen LogP contribution in [-0.2, 0) is 16.0 Å². The third-order valence-corrected chi connectivity index (χ3v) is 6.27. The topological polar surface area (TPSA) is 92.8 Å². The lowest BCUT2D eigenvalue weighted by Crippen LogP contribution is -2.39. The van der Waals surface area contributed by atoms with Gasteiger partial charge in [-0.2, -0.15) is 0 Å². The standard InChI is InChI=1S/C29H34N2O5/c1-29(2,19-32)28(33)36-21(18-30-15-16-35-26-14-7-6-13-25(26)34-3)17-20-9-8-11-23-22-10-4-5-12-24(22)31-27(20)23/h4-14,21,30-32H,15-19H2,1-3H3. The molecular formula is C29H34N2O5. The molecule has 0 saturated heterocycles. The van der Waals surface area contributed by atoms with E-state index in [2.05, 4.69) is 34.6 Å². The zero-order chi connectivity index (χ0) is 25.5. The van der Waals surface area contributed by atoms with Crippen LogP contribution in [0.3, 0.4) is 0 Å². The van der Waals surface area contributed by atoms with Gasteiger partial charge in [0.15, 0.2) is 11.5 Å². The third-order valence-electron chi connectivity index (χ3n) is 6.27. The summed E-state index contributed by atoms with van der Waals surface area (Å²) in [5.41, 5.74) is 2.20. The largest absolute Gasteiger partial charge is 0.493 e. The molecule has 1 heterocycles. The number of aromatic nitrogens is 1. The molecule has 0 radical (unpaired) electrons. The van der Waals surface area contributed by atoms with Gasteiger partial charge in [0.05, 0.1) is 19.1 Å². The van der Waals surface area contributed by atoms with E-state index in [1.807, 2.05) is 42.5 Å². The molecule has 4 rings (SSSR count). The molecule has 3 N–H and O–H groups in total. The van der Waals surface area contributed by atoms with E-state index in [1.54, 1.807) is 21.0 Å². The molecule has 7 heteroatoms. The predicted octanol–water partition coefficient (Wildman–Crippen LogP) is 4.47. The number of esters is 1. The van der Waals surface area contributed by atoms with Crippen LogP contribution in [0, 0.1) is 5.41 Å². The van der Waals surface area contributed by atoms with E-state index in [0.717, 1.165) is 27.4 Å². The van der Waals surface area contributed by atoms with Gasteiger partial charge < -0.3 is 29.6 Å². The second-order valence-corrected chi connectivity index (χ2v) is 9.49. The Hall–Kier alpha value is -3.55. The number of aliphatic hydroxyl groups excluding tert-OH is 1. The minimum atomic E-state index is -0.974. The highest BCUT2D eigenvalue weighted by Gasteiger charge is 2.31. The number of hydrogen-bond acceptors (Lipinski definition) is 6. The fourth-order valence-electron chi connectivity index (χ4n) is 4.11. The van der Waals surface area contributed by atoms with Crippen molar-refractivity contribution in [2.75, 3.05) is 33.4 Å². The second kappa shape index (κ2) is 11.5. The molecule has 1 unspecified atom stereocenters. The van der Waals surface area contributed by atoms with E-state index in [0.29, 0.717) is 37.6 Å². The highest BCUT2D eigenvalue weighted by atomic mass is 16.5. The van der Waals surface area contributed by atoms with Crippen LogP contribution < -0.4 is 14.8 Å². The SMILES string of the molecule is COc1ccccc1OCCNCC(Cc1cccc2c1[nH]c1ccccc12)OC(=O)C(C)(C)CO. The molecule has 1 atom stereocenters. The molecule has 7 nitrogen and oxygen atoms in total. The second-order valence-electron chi connectivity index (χ2n) is 9.49. The lowest BCUT2D eigenvalue weighted by atomic mass is 9.95. The van der Waals surface area contributed by atoms with Gasteiger partial charge >= 0.3 is 5.97 Å². The van der Waals surface area contributed by atoms with E-state index in [9.17, 15) is 9.90 Å². The van der Waals surface area contributed by atoms with Crippen molar-refractivity contribution in [1.29, 1.82) is 0 Å². The summed E-state index contributed by atoms with van der Waals surface area (Å²) in [7, 11) is 1.61. The molecule has 0 aliphatic heterocycles. The summed E-state index contributed by atoms with van der Waals surface area (Å²) in [4.78, 5) is 16.3. The number of hydrogen-bond donors (Lipinski definition) is 3. The molecule has 0 amide bonds. The summed E-state index contributed by atoms with van der Waals surface area (Å²) in [6.07, 6.45) is 0.101. The van der Waals surface area contributed by atoms with Crippen molar-refractivity contribution in [2.24, 2.45) is 5.41 Å². The van der Waals surface area contributed by atoms with Gasteiger partial charge in [-0.05, 0) is 37.6 Å². The average molecular weight is 491 g/mol. The van der Waals surface area contributed by atoms with Gasteiger partial charge in [-0.25, -0.2) is 0 Å². The number of ether oxygens (including phenoxy) is 3. The lowest BCUT2D eigenvalue weighted by Gasteiger charge is -2.25. The fraction of sp³-hybridized carbons (Fsp3) is 0.345. The number of H-pyrrole nitrogens is 1. The van der Waals surface area contributed by atoms with Crippen LogP contribution >= 0.6 is 0 Å². The highest BCUT2D eigenvalue weighted by molar-refractivity contribution is 6.08. The van der Waals surface area contributed by atoms with Crippen molar-refractivity contribution in [3.05, 3.63) is 72.3 Å². The van der Waals surface area contributed by atoms with Gasteiger partial charge in [0.2, 0.25) is 0 Å². The molecule has 0 bridgehead atoms. The summed E-state index contributed by atoms with van der Waals surface area (Å²) in [5.74, 6) is 0.938. The monoisotopic (exact) mass is 490 g/mol. The van der Waals surface area contributed by atoms with Crippen molar-refractivity contribution in [1.82, 2.24) is 10.3 Å². The zero-order valence-electron chi connectivity index (χ0n) is 21.0. The van der Waals surface area contributed by atoms with Crippen LogP contribution in [0.4, 0.5) is 0 Å². The van der Waals surface area contributed by atoms with E-state index in [-0.39, 0.29) is 6.61 Å². The number of aliphatic hydroxyl groups is 1. The molecule has 4 aromatic rings. The number of aromatic amines is 1. The predicted molar refractivity (Wildman–Crippen MR) is 142 cm³/mol. The van der Waals surface area contributed by atoms with Gasteiger partial charge in [0.25, 0.3) is 0 Å². The molecular weight excluding hydrogens is 456 g/mol. The number of para-hydroxylation sites is 4. The number of carbonyl (C=O) groups is 1. The summed E-state index contributed by atoms with van der Waals surface area (Å²) in [6, 6.07) is 21.9. The van der Waals surface area contributed by atoms with Crippen LogP contribution in [0.5, 0.6) is 11.5 Å². The number of carbonyl (C=O) groups excluding carboxylic acids is 1. The van der Waals surface area contributed by atoms with E-state index in [1.165, 1.54) is 0 Å². The maximum absolute atomic E-state index is 12.8. The zero-order valence-corrected chi connectivity index (χ0v) is 21.0. The summed E-state index contributed by atoms with van der Waals surface area (Å²) in [5, 5.41) is 15.3. The quantitative estimate of drug-likeness (QED) is 0.200. The number of rotatable bonds is 12. The fourth-order valence-corrected chi connectivity index (χ4v) is 4.11. The molecule has 3 aromatic carbocycles. The normalized spacial score (nSPS) is 12.6. The van der Waals surface area contributed by atoms with Crippen molar-refractivity contribution >= 4 is 27.8 Å². The first-order chi connectivity index (χ1) is 17.4. The van der Waals surface area contributed by atoms with Gasteiger partial charge in [-0.3, -0.25) is 4.79 Å². The number of methoxy groups -OCH3 is 1. The maximum atomic E-state index is 12.8. The molecule has 1 aromatic heterocycles. The Morgan fingerprint density at radius 3 is 2.50 bits per heavy atom. The van der Waals surface area contributed by atoms with Crippen LogP contribution in [0.2, 0.25) is 0 Å². The molecule has 190 valence electrons.